The number of benzene rings is 2. The van der Waals surface area contributed by atoms with E-state index in [9.17, 15) is 27.6 Å². The van der Waals surface area contributed by atoms with E-state index in [1.807, 2.05) is 34.1 Å². The Kier molecular flexibility index (Phi) is 10.3. The van der Waals surface area contributed by atoms with Crippen molar-refractivity contribution in [1.29, 1.82) is 0 Å². The molecule has 3 aliphatic rings. The van der Waals surface area contributed by atoms with Crippen molar-refractivity contribution in [3.05, 3.63) is 59.2 Å². The summed E-state index contributed by atoms with van der Waals surface area (Å²) in [5.74, 6) is -0.417. The Hall–Kier alpha value is -3.96. The first-order chi connectivity index (χ1) is 22.0. The van der Waals surface area contributed by atoms with Gasteiger partial charge in [0, 0.05) is 57.9 Å². The van der Waals surface area contributed by atoms with Gasteiger partial charge in [0.15, 0.2) is 0 Å². The van der Waals surface area contributed by atoms with Gasteiger partial charge < -0.3 is 29.5 Å². The van der Waals surface area contributed by atoms with E-state index in [2.05, 4.69) is 5.32 Å². The molecule has 9 nitrogen and oxygen atoms in total. The molecule has 0 spiro atoms. The summed E-state index contributed by atoms with van der Waals surface area (Å²) >= 11 is 0. The minimum Gasteiger partial charge on any atom is -0.497 e. The van der Waals surface area contributed by atoms with Crippen LogP contribution in [0.1, 0.15) is 61.1 Å². The second-order valence-electron chi connectivity index (χ2n) is 12.3. The third kappa shape index (κ3) is 7.20. The number of urea groups is 1. The number of carbonyl (C=O) groups excluding carboxylic acids is 3. The number of piperidine rings is 2. The second-order valence-corrected chi connectivity index (χ2v) is 12.3. The number of alkyl halides is 3. The van der Waals surface area contributed by atoms with Crippen molar-refractivity contribution in [2.24, 2.45) is 11.8 Å². The van der Waals surface area contributed by atoms with Crippen LogP contribution in [0.2, 0.25) is 0 Å². The molecular weight excluding hydrogens is 601 g/mol. The van der Waals surface area contributed by atoms with Gasteiger partial charge in [-0.3, -0.25) is 9.59 Å². The van der Waals surface area contributed by atoms with E-state index in [1.165, 1.54) is 6.07 Å². The fourth-order valence-corrected chi connectivity index (χ4v) is 7.17. The van der Waals surface area contributed by atoms with Crippen LogP contribution in [0.4, 0.5) is 23.7 Å². The summed E-state index contributed by atoms with van der Waals surface area (Å²) in [6.07, 6.45) is -2.21. The predicted octanol–water partition coefficient (Wildman–Crippen LogP) is 5.25. The number of rotatable bonds is 7. The van der Waals surface area contributed by atoms with Crippen LogP contribution in [0.3, 0.4) is 0 Å². The molecule has 46 heavy (non-hydrogen) atoms. The maximum Gasteiger partial charge on any atom is 0.416 e. The number of nitrogens with zero attached hydrogens (tertiary/aromatic N) is 3. The zero-order chi connectivity index (χ0) is 33.0. The highest BCUT2D eigenvalue weighted by atomic mass is 19.4. The van der Waals surface area contributed by atoms with E-state index in [1.54, 1.807) is 32.0 Å². The molecule has 0 radical (unpaired) electrons. The summed E-state index contributed by atoms with van der Waals surface area (Å²) < 4.78 is 51.8. The Morgan fingerprint density at radius 1 is 0.913 bits per heavy atom. The number of anilines is 1. The summed E-state index contributed by atoms with van der Waals surface area (Å²) in [6.45, 7) is 4.65. The first kappa shape index (κ1) is 33.4. The summed E-state index contributed by atoms with van der Waals surface area (Å²) in [7, 11) is 3.16. The lowest BCUT2D eigenvalue weighted by Gasteiger charge is -2.38. The molecule has 3 aliphatic heterocycles. The number of ether oxygens (including phenoxy) is 2. The van der Waals surface area contributed by atoms with Crippen LogP contribution >= 0.6 is 0 Å². The number of nitrogens with one attached hydrogen (secondary N) is 1. The van der Waals surface area contributed by atoms with Crippen molar-refractivity contribution in [3.63, 3.8) is 0 Å². The number of amides is 3. The smallest absolute Gasteiger partial charge is 0.416 e. The molecule has 0 bridgehead atoms. The topological polar surface area (TPSA) is 91.4 Å². The van der Waals surface area contributed by atoms with Gasteiger partial charge in [0.2, 0.25) is 5.91 Å². The third-order valence-electron chi connectivity index (χ3n) is 9.74. The minimum atomic E-state index is -4.48. The molecule has 3 heterocycles. The van der Waals surface area contributed by atoms with Gasteiger partial charge in [-0.15, -0.1) is 0 Å². The Labute approximate surface area is 268 Å². The van der Waals surface area contributed by atoms with E-state index in [4.69, 9.17) is 9.47 Å². The second kappa shape index (κ2) is 14.2. The molecule has 0 saturated carbocycles. The number of methoxy groups -OCH3 is 1. The van der Waals surface area contributed by atoms with Gasteiger partial charge >= 0.3 is 18.2 Å². The number of likely N-dealkylation sites (tertiary alicyclic amines) is 2. The lowest BCUT2D eigenvalue weighted by atomic mass is 9.84. The minimum absolute atomic E-state index is 0.0145. The third-order valence-corrected chi connectivity index (χ3v) is 9.74. The van der Waals surface area contributed by atoms with E-state index < -0.39 is 17.7 Å². The molecule has 250 valence electrons. The van der Waals surface area contributed by atoms with Crippen molar-refractivity contribution in [3.8, 4) is 5.75 Å². The van der Waals surface area contributed by atoms with Crippen LogP contribution in [0, 0.1) is 11.8 Å². The van der Waals surface area contributed by atoms with Crippen LogP contribution in [0.15, 0.2) is 42.5 Å². The van der Waals surface area contributed by atoms with Gasteiger partial charge in [-0.2, -0.15) is 13.2 Å². The highest BCUT2D eigenvalue weighted by molar-refractivity contribution is 5.83. The van der Waals surface area contributed by atoms with Gasteiger partial charge in [0.1, 0.15) is 5.75 Å². The van der Waals surface area contributed by atoms with Crippen LogP contribution < -0.4 is 15.0 Å². The van der Waals surface area contributed by atoms with Crippen molar-refractivity contribution in [1.82, 2.24) is 15.1 Å². The first-order valence-electron chi connectivity index (χ1n) is 16.1. The van der Waals surface area contributed by atoms with Crippen molar-refractivity contribution < 1.29 is 37.0 Å². The monoisotopic (exact) mass is 644 g/mol. The quantitative estimate of drug-likeness (QED) is 0.414. The molecule has 5 rings (SSSR count). The predicted molar refractivity (Wildman–Crippen MR) is 167 cm³/mol. The van der Waals surface area contributed by atoms with E-state index in [0.717, 1.165) is 17.2 Å². The summed E-state index contributed by atoms with van der Waals surface area (Å²) in [4.78, 5) is 44.3. The van der Waals surface area contributed by atoms with Gasteiger partial charge in [-0.05, 0) is 73.9 Å². The molecule has 2 aromatic carbocycles. The largest absolute Gasteiger partial charge is 0.497 e. The Morgan fingerprint density at radius 2 is 1.59 bits per heavy atom. The number of halogens is 3. The lowest BCUT2D eigenvalue weighted by Crippen LogP contribution is -2.44. The maximum atomic E-state index is 14.0. The van der Waals surface area contributed by atoms with E-state index in [0.29, 0.717) is 83.0 Å². The Bertz CT molecular complexity index is 1390. The molecule has 0 unspecified atom stereocenters. The van der Waals surface area contributed by atoms with Crippen LogP contribution in [0.5, 0.6) is 5.75 Å². The molecule has 3 fully saturated rings. The molecule has 2 aromatic rings. The fraction of sp³-hybridized carbons (Fsp3) is 0.559. The molecule has 1 N–H and O–H groups in total. The Balaban J connectivity index is 1.31. The van der Waals surface area contributed by atoms with Gasteiger partial charge in [0.05, 0.1) is 31.1 Å². The molecule has 3 amide bonds. The average Bonchev–Trinajstić information content (AvgIpc) is 3.53. The number of hydrogen-bond donors (Lipinski definition) is 1. The highest BCUT2D eigenvalue weighted by Gasteiger charge is 2.43. The first-order valence-corrected chi connectivity index (χ1v) is 16.1. The standard InChI is InChI=1S/C34H43F3N4O5/c1-4-46-32(43)24-13-15-39(16-14-24)30-19-25(34(35,36)37)7-10-27(30)23-11-17-40(18-12-23)31(42)29-21-41(33(44)38-2)20-28(29)22-5-8-26(45-3)9-6-22/h5-10,19,23-24,28-29H,4,11-18,20-21H2,1-3H3,(H,38,44)/t28-,29+/m0/s1. The van der Waals surface area contributed by atoms with Crippen molar-refractivity contribution in [2.75, 3.05) is 64.9 Å². The van der Waals surface area contributed by atoms with E-state index >= 15 is 0 Å². The zero-order valence-corrected chi connectivity index (χ0v) is 26.6. The van der Waals surface area contributed by atoms with Crippen LogP contribution in [-0.2, 0) is 20.5 Å². The van der Waals surface area contributed by atoms with Gasteiger partial charge in [-0.1, -0.05) is 18.2 Å². The molecular formula is C34H43F3N4O5. The molecule has 0 aromatic heterocycles. The summed E-state index contributed by atoms with van der Waals surface area (Å²) in [5, 5.41) is 2.66. The molecule has 2 atom stereocenters. The highest BCUT2D eigenvalue weighted by Crippen LogP contribution is 2.41. The molecule has 3 saturated heterocycles. The van der Waals surface area contributed by atoms with Crippen molar-refractivity contribution in [2.45, 2.75) is 50.6 Å². The van der Waals surface area contributed by atoms with Gasteiger partial charge in [0.25, 0.3) is 0 Å². The lowest BCUT2D eigenvalue weighted by molar-refractivity contribution is -0.148. The molecule has 0 aliphatic carbocycles. The number of carbonyl (C=O) groups is 3. The SMILES string of the molecule is CCOC(=O)C1CCN(c2cc(C(F)(F)F)ccc2C2CCN(C(=O)[C@@H]3CN(C(=O)NC)C[C@H]3c3ccc(OC)cc3)CC2)CC1. The van der Waals surface area contributed by atoms with Crippen LogP contribution in [-0.4, -0.2) is 87.7 Å². The number of hydrogen-bond acceptors (Lipinski definition) is 6. The normalized spacial score (nSPS) is 21.3. The van der Waals surface area contributed by atoms with Crippen molar-refractivity contribution >= 4 is 23.6 Å². The van der Waals surface area contributed by atoms with Crippen LogP contribution in [0.25, 0.3) is 0 Å². The summed E-state index contributed by atoms with van der Waals surface area (Å²) in [6, 6.07) is 11.3. The van der Waals surface area contributed by atoms with Gasteiger partial charge in [-0.25, -0.2) is 4.79 Å². The Morgan fingerprint density at radius 3 is 2.17 bits per heavy atom. The van der Waals surface area contributed by atoms with E-state index in [-0.39, 0.29) is 35.7 Å². The maximum absolute atomic E-state index is 14.0. The fourth-order valence-electron chi connectivity index (χ4n) is 7.17. The number of esters is 1. The molecule has 12 heteroatoms. The zero-order valence-electron chi connectivity index (χ0n) is 26.6. The average molecular weight is 645 g/mol. The summed E-state index contributed by atoms with van der Waals surface area (Å²) in [5.41, 5.74) is 1.66.